The lowest BCUT2D eigenvalue weighted by atomic mass is 10.2. The van der Waals surface area contributed by atoms with Gasteiger partial charge in [0.15, 0.2) is 0 Å². The predicted octanol–water partition coefficient (Wildman–Crippen LogP) is -0.269. The SMILES string of the molecule is CNCC([O])OC[C@H]1CCCN1. The first-order valence-corrected chi connectivity index (χ1v) is 4.48. The second-order valence-corrected chi connectivity index (χ2v) is 3.11. The molecule has 0 aliphatic carbocycles. The van der Waals surface area contributed by atoms with E-state index in [0.717, 1.165) is 13.0 Å². The molecule has 1 aliphatic rings. The zero-order chi connectivity index (χ0) is 8.81. The molecule has 1 unspecified atom stereocenters. The fourth-order valence-electron chi connectivity index (χ4n) is 1.35. The van der Waals surface area contributed by atoms with Crippen LogP contribution in [0.2, 0.25) is 0 Å². The molecule has 1 saturated heterocycles. The summed E-state index contributed by atoms with van der Waals surface area (Å²) in [5, 5.41) is 17.0. The monoisotopic (exact) mass is 173 g/mol. The summed E-state index contributed by atoms with van der Waals surface area (Å²) in [4.78, 5) is 0. The molecule has 0 aromatic heterocycles. The molecule has 0 aromatic carbocycles. The maximum atomic E-state index is 11.0. The van der Waals surface area contributed by atoms with Crippen LogP contribution in [0, 0.1) is 0 Å². The van der Waals surface area contributed by atoms with Gasteiger partial charge in [0.1, 0.15) is 0 Å². The van der Waals surface area contributed by atoms with Gasteiger partial charge in [0, 0.05) is 12.6 Å². The van der Waals surface area contributed by atoms with E-state index in [2.05, 4.69) is 10.6 Å². The maximum absolute atomic E-state index is 11.0. The number of hydrogen-bond acceptors (Lipinski definition) is 3. The van der Waals surface area contributed by atoms with E-state index in [4.69, 9.17) is 4.74 Å². The molecule has 4 heteroatoms. The first-order chi connectivity index (χ1) is 5.83. The molecule has 2 N–H and O–H groups in total. The molecule has 1 rings (SSSR count). The summed E-state index contributed by atoms with van der Waals surface area (Å²) in [7, 11) is 1.75. The fraction of sp³-hybridized carbons (Fsp3) is 1.00. The average Bonchev–Trinajstić information content (AvgIpc) is 2.53. The summed E-state index contributed by atoms with van der Waals surface area (Å²) in [6.45, 7) is 1.99. The van der Waals surface area contributed by atoms with E-state index < -0.39 is 6.29 Å². The molecular weight excluding hydrogens is 156 g/mol. The molecule has 0 aromatic rings. The summed E-state index contributed by atoms with van der Waals surface area (Å²) in [5.41, 5.74) is 0. The van der Waals surface area contributed by atoms with Gasteiger partial charge >= 0.3 is 0 Å². The predicted molar refractivity (Wildman–Crippen MR) is 45.4 cm³/mol. The van der Waals surface area contributed by atoms with Crippen LogP contribution in [-0.4, -0.2) is 39.1 Å². The Kier molecular flexibility index (Phi) is 4.53. The van der Waals surface area contributed by atoms with Crippen LogP contribution in [-0.2, 0) is 9.84 Å². The van der Waals surface area contributed by atoms with Crippen molar-refractivity contribution in [3.8, 4) is 0 Å². The molecule has 12 heavy (non-hydrogen) atoms. The number of likely N-dealkylation sites (N-methyl/N-ethyl adjacent to an activating group) is 1. The highest BCUT2D eigenvalue weighted by atomic mass is 16.6. The summed E-state index contributed by atoms with van der Waals surface area (Å²) in [5.74, 6) is 0. The number of nitrogens with one attached hydrogen (secondary N) is 2. The zero-order valence-corrected chi connectivity index (χ0v) is 7.51. The van der Waals surface area contributed by atoms with E-state index >= 15 is 0 Å². The second kappa shape index (κ2) is 5.48. The smallest absolute Gasteiger partial charge is 0.203 e. The van der Waals surface area contributed by atoms with Crippen LogP contribution < -0.4 is 10.6 Å². The summed E-state index contributed by atoms with van der Waals surface area (Å²) in [6, 6.07) is 0.401. The Hall–Kier alpha value is -0.160. The largest absolute Gasteiger partial charge is 0.347 e. The molecule has 0 amide bonds. The quantitative estimate of drug-likeness (QED) is 0.563. The molecule has 0 bridgehead atoms. The van der Waals surface area contributed by atoms with Crippen molar-refractivity contribution in [3.63, 3.8) is 0 Å². The van der Waals surface area contributed by atoms with E-state index in [9.17, 15) is 5.11 Å². The third kappa shape index (κ3) is 3.49. The van der Waals surface area contributed by atoms with E-state index in [0.29, 0.717) is 19.2 Å². The van der Waals surface area contributed by atoms with Crippen molar-refractivity contribution in [2.45, 2.75) is 25.2 Å². The van der Waals surface area contributed by atoms with Gasteiger partial charge in [0.25, 0.3) is 0 Å². The minimum atomic E-state index is -0.919. The molecule has 1 radical (unpaired) electrons. The van der Waals surface area contributed by atoms with Crippen LogP contribution >= 0.6 is 0 Å². The molecule has 0 saturated carbocycles. The third-order valence-corrected chi connectivity index (χ3v) is 2.02. The van der Waals surface area contributed by atoms with E-state index in [1.54, 1.807) is 7.05 Å². The van der Waals surface area contributed by atoms with Crippen LogP contribution in [0.4, 0.5) is 0 Å². The Labute approximate surface area is 73.3 Å². The van der Waals surface area contributed by atoms with Gasteiger partial charge in [-0.2, -0.15) is 0 Å². The lowest BCUT2D eigenvalue weighted by Gasteiger charge is -2.13. The van der Waals surface area contributed by atoms with Crippen molar-refractivity contribution in [2.24, 2.45) is 0 Å². The Morgan fingerprint density at radius 2 is 2.58 bits per heavy atom. The van der Waals surface area contributed by atoms with Gasteiger partial charge in [-0.3, -0.25) is 0 Å². The van der Waals surface area contributed by atoms with Crippen molar-refractivity contribution in [3.05, 3.63) is 0 Å². The van der Waals surface area contributed by atoms with Crippen LogP contribution in [0.1, 0.15) is 12.8 Å². The first kappa shape index (κ1) is 9.92. The molecule has 0 spiro atoms. The van der Waals surface area contributed by atoms with E-state index in [-0.39, 0.29) is 0 Å². The number of ether oxygens (including phenoxy) is 1. The van der Waals surface area contributed by atoms with Gasteiger partial charge in [-0.25, -0.2) is 5.11 Å². The molecular formula is C8H17N2O2. The average molecular weight is 173 g/mol. The van der Waals surface area contributed by atoms with Gasteiger partial charge < -0.3 is 15.4 Å². The Bertz CT molecular complexity index is 116. The Morgan fingerprint density at radius 1 is 1.75 bits per heavy atom. The van der Waals surface area contributed by atoms with Crippen LogP contribution in [0.25, 0.3) is 0 Å². The van der Waals surface area contributed by atoms with Crippen molar-refractivity contribution in [1.29, 1.82) is 0 Å². The van der Waals surface area contributed by atoms with Gasteiger partial charge in [0.05, 0.1) is 6.61 Å². The summed E-state index contributed by atoms with van der Waals surface area (Å²) >= 11 is 0. The minimum absolute atomic E-state index is 0.382. The molecule has 71 valence electrons. The summed E-state index contributed by atoms with van der Waals surface area (Å²) < 4.78 is 5.09. The van der Waals surface area contributed by atoms with Gasteiger partial charge in [-0.15, -0.1) is 0 Å². The molecule has 4 nitrogen and oxygen atoms in total. The zero-order valence-electron chi connectivity index (χ0n) is 7.51. The van der Waals surface area contributed by atoms with Gasteiger partial charge in [-0.1, -0.05) is 0 Å². The lowest BCUT2D eigenvalue weighted by Crippen LogP contribution is -2.32. The van der Waals surface area contributed by atoms with E-state index in [1.165, 1.54) is 6.42 Å². The maximum Gasteiger partial charge on any atom is 0.203 e. The van der Waals surface area contributed by atoms with Crippen molar-refractivity contribution in [2.75, 3.05) is 26.7 Å². The Morgan fingerprint density at radius 3 is 3.17 bits per heavy atom. The van der Waals surface area contributed by atoms with Crippen molar-refractivity contribution in [1.82, 2.24) is 10.6 Å². The summed E-state index contributed by atoms with van der Waals surface area (Å²) in [6.07, 6.45) is 1.41. The van der Waals surface area contributed by atoms with Crippen molar-refractivity contribution < 1.29 is 9.84 Å². The van der Waals surface area contributed by atoms with Crippen molar-refractivity contribution >= 4 is 0 Å². The second-order valence-electron chi connectivity index (χ2n) is 3.11. The molecule has 1 aliphatic heterocycles. The minimum Gasteiger partial charge on any atom is -0.347 e. The number of hydrogen-bond donors (Lipinski definition) is 2. The normalized spacial score (nSPS) is 26.0. The molecule has 1 fully saturated rings. The standard InChI is InChI=1S/C8H17N2O2/c1-9-5-8(11)12-6-7-3-2-4-10-7/h7-10H,2-6H2,1H3/t7-,8?/m1/s1. The van der Waals surface area contributed by atoms with Crippen LogP contribution in [0.15, 0.2) is 0 Å². The van der Waals surface area contributed by atoms with Gasteiger partial charge in [0.2, 0.25) is 6.29 Å². The number of rotatable bonds is 5. The highest BCUT2D eigenvalue weighted by Crippen LogP contribution is 2.05. The first-order valence-electron chi connectivity index (χ1n) is 4.48. The van der Waals surface area contributed by atoms with Crippen LogP contribution in [0.5, 0.6) is 0 Å². The van der Waals surface area contributed by atoms with E-state index in [1.807, 2.05) is 0 Å². The molecule has 2 atom stereocenters. The fourth-order valence-corrected chi connectivity index (χ4v) is 1.35. The Balaban J connectivity index is 1.99. The highest BCUT2D eigenvalue weighted by Gasteiger charge is 2.15. The third-order valence-electron chi connectivity index (χ3n) is 2.02. The van der Waals surface area contributed by atoms with Crippen LogP contribution in [0.3, 0.4) is 0 Å². The molecule has 1 heterocycles. The lowest BCUT2D eigenvalue weighted by molar-refractivity contribution is -0.139. The highest BCUT2D eigenvalue weighted by molar-refractivity contribution is 4.73. The van der Waals surface area contributed by atoms with Gasteiger partial charge in [-0.05, 0) is 26.4 Å². The topological polar surface area (TPSA) is 53.2 Å².